The number of ether oxygens (including phenoxy) is 1. The predicted molar refractivity (Wildman–Crippen MR) is 84.6 cm³/mol. The van der Waals surface area contributed by atoms with Gasteiger partial charge < -0.3 is 9.84 Å². The molecule has 0 spiro atoms. The second kappa shape index (κ2) is 6.51. The number of nitrogens with one attached hydrogen (secondary N) is 1. The van der Waals surface area contributed by atoms with E-state index in [-0.39, 0.29) is 11.4 Å². The van der Waals surface area contributed by atoms with Crippen molar-refractivity contribution in [1.82, 2.24) is 9.78 Å². The molecule has 122 valence electrons. The average Bonchev–Trinajstić information content (AvgIpc) is 2.80. The van der Waals surface area contributed by atoms with Gasteiger partial charge in [-0.1, -0.05) is 30.3 Å². The van der Waals surface area contributed by atoms with Crippen LogP contribution in [0.15, 0.2) is 36.5 Å². The quantitative estimate of drug-likeness (QED) is 0.904. The SMILES string of the molecule is CC(C)(C)OC(=O)Nc1nn(Cc2ccccc2)cc1C(=O)O. The van der Waals surface area contributed by atoms with Crippen LogP contribution < -0.4 is 5.32 Å². The van der Waals surface area contributed by atoms with Gasteiger partial charge in [0.1, 0.15) is 11.2 Å². The summed E-state index contributed by atoms with van der Waals surface area (Å²) in [5, 5.41) is 15.7. The van der Waals surface area contributed by atoms with Gasteiger partial charge >= 0.3 is 12.1 Å². The van der Waals surface area contributed by atoms with Crippen molar-refractivity contribution in [2.24, 2.45) is 0 Å². The molecule has 0 aliphatic carbocycles. The van der Waals surface area contributed by atoms with Crippen molar-refractivity contribution >= 4 is 17.9 Å². The van der Waals surface area contributed by atoms with Crippen molar-refractivity contribution < 1.29 is 19.4 Å². The fourth-order valence-electron chi connectivity index (χ4n) is 1.92. The van der Waals surface area contributed by atoms with Gasteiger partial charge in [-0.3, -0.25) is 10.00 Å². The Labute approximate surface area is 133 Å². The van der Waals surface area contributed by atoms with Crippen LogP contribution in [-0.4, -0.2) is 32.6 Å². The molecule has 2 aromatic rings. The number of carbonyl (C=O) groups excluding carboxylic acids is 1. The molecule has 0 unspecified atom stereocenters. The monoisotopic (exact) mass is 317 g/mol. The highest BCUT2D eigenvalue weighted by atomic mass is 16.6. The number of hydrogen-bond acceptors (Lipinski definition) is 4. The number of amides is 1. The summed E-state index contributed by atoms with van der Waals surface area (Å²) in [6, 6.07) is 9.48. The Morgan fingerprint density at radius 2 is 1.91 bits per heavy atom. The highest BCUT2D eigenvalue weighted by Crippen LogP contribution is 2.16. The lowest BCUT2D eigenvalue weighted by Crippen LogP contribution is -2.27. The topological polar surface area (TPSA) is 93.5 Å². The number of aromatic carboxylic acids is 1. The Morgan fingerprint density at radius 3 is 2.48 bits per heavy atom. The predicted octanol–water partition coefficient (Wildman–Crippen LogP) is 2.98. The molecule has 0 fully saturated rings. The lowest BCUT2D eigenvalue weighted by Gasteiger charge is -2.19. The summed E-state index contributed by atoms with van der Waals surface area (Å²) in [5.41, 5.74) is 0.197. The van der Waals surface area contributed by atoms with Gasteiger partial charge in [0.25, 0.3) is 0 Å². The van der Waals surface area contributed by atoms with Crippen molar-refractivity contribution in [1.29, 1.82) is 0 Å². The molecule has 0 aliphatic rings. The molecule has 2 N–H and O–H groups in total. The average molecular weight is 317 g/mol. The van der Waals surface area contributed by atoms with Gasteiger partial charge in [0.2, 0.25) is 0 Å². The minimum atomic E-state index is -1.17. The molecule has 0 aliphatic heterocycles. The zero-order valence-electron chi connectivity index (χ0n) is 13.2. The molecular weight excluding hydrogens is 298 g/mol. The van der Waals surface area contributed by atoms with E-state index in [1.54, 1.807) is 20.8 Å². The molecule has 0 atom stereocenters. The van der Waals surface area contributed by atoms with Crippen molar-refractivity contribution in [3.05, 3.63) is 47.7 Å². The summed E-state index contributed by atoms with van der Waals surface area (Å²) in [5.74, 6) is -1.21. The normalized spacial score (nSPS) is 11.1. The van der Waals surface area contributed by atoms with Crippen molar-refractivity contribution in [2.75, 3.05) is 5.32 Å². The number of aromatic nitrogens is 2. The van der Waals surface area contributed by atoms with Crippen LogP contribution in [0.5, 0.6) is 0 Å². The number of nitrogens with zero attached hydrogens (tertiary/aromatic N) is 2. The molecule has 23 heavy (non-hydrogen) atoms. The first-order valence-corrected chi connectivity index (χ1v) is 7.09. The summed E-state index contributed by atoms with van der Waals surface area (Å²) < 4.78 is 6.58. The molecule has 0 radical (unpaired) electrons. The van der Waals surface area contributed by atoms with Gasteiger partial charge in [-0.2, -0.15) is 5.10 Å². The zero-order valence-corrected chi connectivity index (χ0v) is 13.2. The van der Waals surface area contributed by atoms with Gasteiger partial charge in [0, 0.05) is 6.20 Å². The van der Waals surface area contributed by atoms with Gasteiger partial charge in [0.05, 0.1) is 6.54 Å². The van der Waals surface area contributed by atoms with Crippen LogP contribution in [0.1, 0.15) is 36.7 Å². The maximum atomic E-state index is 11.8. The van der Waals surface area contributed by atoms with E-state index in [1.165, 1.54) is 10.9 Å². The third-order valence-electron chi connectivity index (χ3n) is 2.80. The standard InChI is InChI=1S/C16H19N3O4/c1-16(2,3)23-15(22)17-13-12(14(20)21)10-19(18-13)9-11-7-5-4-6-8-11/h4-8,10H,9H2,1-3H3,(H,20,21)(H,17,18,22). The molecule has 7 nitrogen and oxygen atoms in total. The van der Waals surface area contributed by atoms with E-state index in [0.29, 0.717) is 6.54 Å². The molecule has 0 bridgehead atoms. The number of benzene rings is 1. The van der Waals surface area contributed by atoms with E-state index in [1.807, 2.05) is 30.3 Å². The Balaban J connectivity index is 2.18. The van der Waals surface area contributed by atoms with E-state index in [0.717, 1.165) is 5.56 Å². The highest BCUT2D eigenvalue weighted by Gasteiger charge is 2.21. The van der Waals surface area contributed by atoms with Gasteiger partial charge in [-0.05, 0) is 26.3 Å². The van der Waals surface area contributed by atoms with Crippen molar-refractivity contribution in [3.8, 4) is 0 Å². The van der Waals surface area contributed by atoms with Gasteiger partial charge in [-0.25, -0.2) is 9.59 Å². The summed E-state index contributed by atoms with van der Waals surface area (Å²) in [6.45, 7) is 5.56. The maximum Gasteiger partial charge on any atom is 0.413 e. The molecule has 1 aromatic carbocycles. The maximum absolute atomic E-state index is 11.8. The zero-order chi connectivity index (χ0) is 17.0. The fraction of sp³-hybridized carbons (Fsp3) is 0.312. The van der Waals surface area contributed by atoms with E-state index in [2.05, 4.69) is 10.4 Å². The summed E-state index contributed by atoms with van der Waals surface area (Å²) in [6.07, 6.45) is 0.632. The highest BCUT2D eigenvalue weighted by molar-refractivity contribution is 5.97. The van der Waals surface area contributed by atoms with Crippen LogP contribution in [-0.2, 0) is 11.3 Å². The molecule has 0 saturated carbocycles. The van der Waals surface area contributed by atoms with Crippen molar-refractivity contribution in [2.45, 2.75) is 32.9 Å². The fourth-order valence-corrected chi connectivity index (χ4v) is 1.92. The molecular formula is C16H19N3O4. The molecule has 2 rings (SSSR count). The van der Waals surface area contributed by atoms with Crippen LogP contribution in [0.2, 0.25) is 0 Å². The first-order chi connectivity index (χ1) is 10.7. The van der Waals surface area contributed by atoms with Gasteiger partial charge in [0.15, 0.2) is 5.82 Å². The summed E-state index contributed by atoms with van der Waals surface area (Å²) >= 11 is 0. The first-order valence-electron chi connectivity index (χ1n) is 7.09. The van der Waals surface area contributed by atoms with Crippen LogP contribution >= 0.6 is 0 Å². The second-order valence-corrected chi connectivity index (χ2v) is 6.01. The Kier molecular flexibility index (Phi) is 4.68. The Morgan fingerprint density at radius 1 is 1.26 bits per heavy atom. The minimum Gasteiger partial charge on any atom is -0.477 e. The first kappa shape index (κ1) is 16.5. The number of anilines is 1. The lowest BCUT2D eigenvalue weighted by atomic mass is 10.2. The summed E-state index contributed by atoms with van der Waals surface area (Å²) in [7, 11) is 0. The number of rotatable bonds is 4. The van der Waals surface area contributed by atoms with Crippen LogP contribution in [0.4, 0.5) is 10.6 Å². The molecule has 0 saturated heterocycles. The molecule has 7 heteroatoms. The molecule has 1 amide bonds. The van der Waals surface area contributed by atoms with E-state index in [4.69, 9.17) is 4.74 Å². The molecule has 1 heterocycles. The van der Waals surface area contributed by atoms with Crippen LogP contribution in [0.25, 0.3) is 0 Å². The van der Waals surface area contributed by atoms with Crippen molar-refractivity contribution in [3.63, 3.8) is 0 Å². The largest absolute Gasteiger partial charge is 0.477 e. The Bertz CT molecular complexity index is 702. The smallest absolute Gasteiger partial charge is 0.413 e. The van der Waals surface area contributed by atoms with E-state index in [9.17, 15) is 14.7 Å². The van der Waals surface area contributed by atoms with E-state index >= 15 is 0 Å². The van der Waals surface area contributed by atoms with Crippen LogP contribution in [0.3, 0.4) is 0 Å². The third-order valence-corrected chi connectivity index (χ3v) is 2.80. The number of carboxylic acids is 1. The summed E-state index contributed by atoms with van der Waals surface area (Å²) in [4.78, 5) is 23.1. The lowest BCUT2D eigenvalue weighted by molar-refractivity contribution is 0.0635. The van der Waals surface area contributed by atoms with E-state index < -0.39 is 17.7 Å². The van der Waals surface area contributed by atoms with Gasteiger partial charge in [-0.15, -0.1) is 0 Å². The second-order valence-electron chi connectivity index (χ2n) is 6.01. The van der Waals surface area contributed by atoms with Crippen LogP contribution in [0, 0.1) is 0 Å². The number of hydrogen-bond donors (Lipinski definition) is 2. The molecule has 1 aromatic heterocycles. The Hall–Kier alpha value is -2.83. The number of carbonyl (C=O) groups is 2. The third kappa shape index (κ3) is 4.84. The minimum absolute atomic E-state index is 0.0392. The number of carboxylic acid groups (broad SMARTS) is 1.